The van der Waals surface area contributed by atoms with Crippen molar-refractivity contribution in [2.75, 3.05) is 39.3 Å². The zero-order valence-corrected chi connectivity index (χ0v) is 27.1. The zero-order chi connectivity index (χ0) is 30.0. The minimum atomic E-state index is -0.601. The zero-order valence-electron chi connectivity index (χ0n) is 27.1. The van der Waals surface area contributed by atoms with E-state index in [0.29, 0.717) is 24.0 Å². The lowest BCUT2D eigenvalue weighted by atomic mass is 9.75. The molecule has 2 aliphatic carbocycles. The van der Waals surface area contributed by atoms with E-state index < -0.39 is 11.6 Å². The SMILES string of the molecule is CCN(CC)CCOC1CCC(NC2NCC(C3CCC(C(=O)N[C@H](C(=O)OC(C)(C)C)C(C)C)CC3)CN2)CC1. The molecule has 0 bridgehead atoms. The Balaban J connectivity index is 1.31. The van der Waals surface area contributed by atoms with Crippen LogP contribution in [0.5, 0.6) is 0 Å². The number of hydrogen-bond acceptors (Lipinski definition) is 8. The van der Waals surface area contributed by atoms with E-state index in [2.05, 4.69) is 40.0 Å². The molecule has 0 aromatic carbocycles. The van der Waals surface area contributed by atoms with Crippen LogP contribution in [0.4, 0.5) is 0 Å². The van der Waals surface area contributed by atoms with Gasteiger partial charge in [0.15, 0.2) is 0 Å². The number of nitrogens with zero attached hydrogens (tertiary/aromatic N) is 1. The summed E-state index contributed by atoms with van der Waals surface area (Å²) < 4.78 is 11.7. The maximum atomic E-state index is 13.1. The van der Waals surface area contributed by atoms with Gasteiger partial charge in [-0.15, -0.1) is 0 Å². The van der Waals surface area contributed by atoms with Crippen LogP contribution in [0.3, 0.4) is 0 Å². The Kier molecular flexibility index (Phi) is 13.8. The van der Waals surface area contributed by atoms with Gasteiger partial charge >= 0.3 is 5.97 Å². The van der Waals surface area contributed by atoms with Gasteiger partial charge in [0.2, 0.25) is 5.91 Å². The van der Waals surface area contributed by atoms with E-state index >= 15 is 0 Å². The van der Waals surface area contributed by atoms with Gasteiger partial charge in [-0.3, -0.25) is 20.7 Å². The van der Waals surface area contributed by atoms with Crippen molar-refractivity contribution in [3.05, 3.63) is 0 Å². The summed E-state index contributed by atoms with van der Waals surface area (Å²) in [5.41, 5.74) is -0.566. The minimum Gasteiger partial charge on any atom is -0.458 e. The molecule has 1 amide bonds. The summed E-state index contributed by atoms with van der Waals surface area (Å²) in [6, 6.07) is -0.0702. The number of esters is 1. The molecular weight excluding hydrogens is 518 g/mol. The summed E-state index contributed by atoms with van der Waals surface area (Å²) in [7, 11) is 0. The molecule has 0 aromatic rings. The van der Waals surface area contributed by atoms with E-state index in [1.165, 1.54) is 0 Å². The molecule has 9 heteroatoms. The van der Waals surface area contributed by atoms with Gasteiger partial charge in [-0.1, -0.05) is 27.7 Å². The first-order valence-electron chi connectivity index (χ1n) is 16.6. The van der Waals surface area contributed by atoms with E-state index in [1.54, 1.807) is 0 Å². The number of ether oxygens (including phenoxy) is 2. The summed E-state index contributed by atoms with van der Waals surface area (Å²) in [4.78, 5) is 28.1. The number of carbonyl (C=O) groups is 2. The van der Waals surface area contributed by atoms with Gasteiger partial charge in [0, 0.05) is 31.6 Å². The second kappa shape index (κ2) is 16.6. The van der Waals surface area contributed by atoms with Crippen LogP contribution in [0.2, 0.25) is 0 Å². The number of nitrogens with one attached hydrogen (secondary N) is 4. The Morgan fingerprint density at radius 2 is 1.51 bits per heavy atom. The standard InChI is InChI=1S/C32H61N5O4/c1-8-37(9-2)18-19-40-27-16-14-26(15-17-27)35-31-33-20-25(21-34-31)23-10-12-24(13-11-23)29(38)36-28(22(3)4)30(39)41-32(5,6)7/h22-28,31,33-35H,8-21H2,1-7H3,(H,36,38)/t23?,24?,25?,26?,27?,28-,31?/m0/s1. The minimum absolute atomic E-state index is 0.00109. The van der Waals surface area contributed by atoms with E-state index in [9.17, 15) is 9.59 Å². The van der Waals surface area contributed by atoms with Crippen molar-refractivity contribution in [1.82, 2.24) is 26.2 Å². The summed E-state index contributed by atoms with van der Waals surface area (Å²) >= 11 is 0. The first-order chi connectivity index (χ1) is 19.5. The Bertz CT molecular complexity index is 775. The van der Waals surface area contributed by atoms with Crippen molar-refractivity contribution in [1.29, 1.82) is 0 Å². The van der Waals surface area contributed by atoms with Gasteiger partial charge < -0.3 is 19.7 Å². The Morgan fingerprint density at radius 1 is 0.902 bits per heavy atom. The summed E-state index contributed by atoms with van der Waals surface area (Å²) in [5, 5.41) is 14.2. The molecule has 4 N–H and O–H groups in total. The average Bonchev–Trinajstić information content (AvgIpc) is 2.94. The Hall–Kier alpha value is -1.26. The third-order valence-corrected chi connectivity index (χ3v) is 9.33. The third-order valence-electron chi connectivity index (χ3n) is 9.33. The lowest BCUT2D eigenvalue weighted by Gasteiger charge is -2.40. The summed E-state index contributed by atoms with van der Waals surface area (Å²) in [5.74, 6) is 0.820. The average molecular weight is 580 g/mol. The second-order valence-corrected chi connectivity index (χ2v) is 13.9. The van der Waals surface area contributed by atoms with Crippen molar-refractivity contribution >= 4 is 11.9 Å². The Labute approximate surface area is 250 Å². The van der Waals surface area contributed by atoms with Crippen molar-refractivity contribution < 1.29 is 19.1 Å². The maximum absolute atomic E-state index is 13.1. The van der Waals surface area contributed by atoms with E-state index in [0.717, 1.165) is 90.7 Å². The van der Waals surface area contributed by atoms with E-state index in [1.807, 2.05) is 34.6 Å². The largest absolute Gasteiger partial charge is 0.458 e. The molecule has 41 heavy (non-hydrogen) atoms. The van der Waals surface area contributed by atoms with Crippen LogP contribution in [-0.2, 0) is 19.1 Å². The normalized spacial score (nSPS) is 30.3. The quantitative estimate of drug-likeness (QED) is 0.245. The Morgan fingerprint density at radius 3 is 2.05 bits per heavy atom. The predicted molar refractivity (Wildman–Crippen MR) is 164 cm³/mol. The molecule has 1 aliphatic heterocycles. The molecule has 1 saturated heterocycles. The number of rotatable bonds is 13. The molecule has 3 rings (SSSR count). The molecule has 2 saturated carbocycles. The van der Waals surface area contributed by atoms with Crippen molar-refractivity contribution in [2.45, 2.75) is 130 Å². The van der Waals surface area contributed by atoms with Crippen molar-refractivity contribution in [2.24, 2.45) is 23.7 Å². The fraction of sp³-hybridized carbons (Fsp3) is 0.938. The topological polar surface area (TPSA) is 104 Å². The first kappa shape index (κ1) is 34.2. The van der Waals surface area contributed by atoms with Crippen LogP contribution in [0.15, 0.2) is 0 Å². The van der Waals surface area contributed by atoms with Gasteiger partial charge in [-0.05, 0) is 103 Å². The molecule has 3 aliphatic rings. The summed E-state index contributed by atoms with van der Waals surface area (Å²) in [6.45, 7) is 20.0. The van der Waals surface area contributed by atoms with Crippen molar-refractivity contribution in [3.63, 3.8) is 0 Å². The van der Waals surface area contributed by atoms with Crippen LogP contribution in [-0.4, -0.2) is 86.2 Å². The van der Waals surface area contributed by atoms with Gasteiger partial charge in [-0.25, -0.2) is 4.79 Å². The van der Waals surface area contributed by atoms with Gasteiger partial charge in [0.25, 0.3) is 0 Å². The van der Waals surface area contributed by atoms with Crippen molar-refractivity contribution in [3.8, 4) is 0 Å². The molecule has 238 valence electrons. The second-order valence-electron chi connectivity index (χ2n) is 13.9. The molecule has 1 atom stereocenters. The van der Waals surface area contributed by atoms with Crippen LogP contribution >= 0.6 is 0 Å². The molecule has 0 radical (unpaired) electrons. The van der Waals surface area contributed by atoms with Crippen LogP contribution in [0, 0.1) is 23.7 Å². The fourth-order valence-electron chi connectivity index (χ4n) is 6.64. The van der Waals surface area contributed by atoms with Crippen LogP contribution in [0.1, 0.15) is 99.8 Å². The fourth-order valence-corrected chi connectivity index (χ4v) is 6.64. The molecule has 0 spiro atoms. The van der Waals surface area contributed by atoms with E-state index in [4.69, 9.17) is 9.47 Å². The van der Waals surface area contributed by atoms with E-state index in [-0.39, 0.29) is 30.0 Å². The van der Waals surface area contributed by atoms with Gasteiger partial charge in [0.05, 0.1) is 12.7 Å². The summed E-state index contributed by atoms with van der Waals surface area (Å²) in [6.07, 6.45) is 9.05. The highest BCUT2D eigenvalue weighted by molar-refractivity contribution is 5.86. The van der Waals surface area contributed by atoms with Gasteiger partial charge in [0.1, 0.15) is 17.9 Å². The number of hydrogen-bond donors (Lipinski definition) is 4. The highest BCUT2D eigenvalue weighted by Crippen LogP contribution is 2.34. The monoisotopic (exact) mass is 579 g/mol. The molecule has 1 heterocycles. The lowest BCUT2D eigenvalue weighted by Crippen LogP contribution is -2.63. The smallest absolute Gasteiger partial charge is 0.329 e. The molecule has 9 nitrogen and oxygen atoms in total. The lowest BCUT2D eigenvalue weighted by molar-refractivity contribution is -0.160. The number of carbonyl (C=O) groups excluding carboxylic acids is 2. The maximum Gasteiger partial charge on any atom is 0.329 e. The van der Waals surface area contributed by atoms with Crippen LogP contribution < -0.4 is 21.3 Å². The molecule has 3 fully saturated rings. The first-order valence-corrected chi connectivity index (χ1v) is 16.6. The van der Waals surface area contributed by atoms with Gasteiger partial charge in [-0.2, -0.15) is 0 Å². The third kappa shape index (κ3) is 11.4. The molecule has 0 aromatic heterocycles. The van der Waals surface area contributed by atoms with Crippen LogP contribution in [0.25, 0.3) is 0 Å². The predicted octanol–water partition coefficient (Wildman–Crippen LogP) is 3.63. The highest BCUT2D eigenvalue weighted by Gasteiger charge is 2.36. The molecule has 0 unspecified atom stereocenters. The number of amides is 1. The number of likely N-dealkylation sites (N-methyl/N-ethyl adjacent to an activating group) is 1. The highest BCUT2D eigenvalue weighted by atomic mass is 16.6. The molecular formula is C32H61N5O4.